The number of carbonyl (C=O) groups is 1. The fourth-order valence-corrected chi connectivity index (χ4v) is 2.77. The fourth-order valence-electron chi connectivity index (χ4n) is 2.65. The molecule has 6 nitrogen and oxygen atoms in total. The molecule has 7 heteroatoms. The standard InChI is InChI=1S/C21H22ClN3O3/c1-13(2)19(21-24-20(25-28-21)15-7-5-4-6-8-15)23-18(26)12-27-16-9-10-17(22)14(3)11-16/h4-11,13,19H,12H2,1-3H3,(H,23,26)/t19-/m1/s1. The highest BCUT2D eigenvalue weighted by Crippen LogP contribution is 2.24. The molecule has 3 rings (SSSR count). The van der Waals surface area contributed by atoms with Crippen LogP contribution in [0.15, 0.2) is 53.1 Å². The minimum absolute atomic E-state index is 0.0609. The Bertz CT molecular complexity index is 941. The number of benzene rings is 2. The molecular weight excluding hydrogens is 378 g/mol. The van der Waals surface area contributed by atoms with Gasteiger partial charge in [0.1, 0.15) is 11.8 Å². The van der Waals surface area contributed by atoms with Gasteiger partial charge in [-0.3, -0.25) is 4.79 Å². The van der Waals surface area contributed by atoms with Crippen LogP contribution >= 0.6 is 11.6 Å². The van der Waals surface area contributed by atoms with Crippen molar-refractivity contribution in [3.05, 3.63) is 65.0 Å². The van der Waals surface area contributed by atoms with E-state index in [1.54, 1.807) is 18.2 Å². The van der Waals surface area contributed by atoms with Gasteiger partial charge in [-0.05, 0) is 36.6 Å². The second-order valence-corrected chi connectivity index (χ2v) is 7.22. The van der Waals surface area contributed by atoms with Crippen molar-refractivity contribution < 1.29 is 14.1 Å². The van der Waals surface area contributed by atoms with Crippen LogP contribution in [0.2, 0.25) is 5.02 Å². The third-order valence-corrected chi connectivity index (χ3v) is 4.65. The molecule has 0 saturated heterocycles. The minimum Gasteiger partial charge on any atom is -0.484 e. The van der Waals surface area contributed by atoms with Crippen molar-refractivity contribution in [2.24, 2.45) is 5.92 Å². The number of nitrogens with zero attached hydrogens (tertiary/aromatic N) is 2. The molecule has 1 N–H and O–H groups in total. The van der Waals surface area contributed by atoms with E-state index in [0.717, 1.165) is 11.1 Å². The maximum Gasteiger partial charge on any atom is 0.258 e. The van der Waals surface area contributed by atoms with Crippen molar-refractivity contribution in [3.8, 4) is 17.1 Å². The Kier molecular flexibility index (Phi) is 6.31. The van der Waals surface area contributed by atoms with E-state index in [0.29, 0.717) is 22.5 Å². The van der Waals surface area contributed by atoms with Gasteiger partial charge in [0.05, 0.1) is 0 Å². The number of carbonyl (C=O) groups excluding carboxylic acids is 1. The summed E-state index contributed by atoms with van der Waals surface area (Å²) in [6, 6.07) is 14.4. The molecular formula is C21H22ClN3O3. The van der Waals surface area contributed by atoms with Crippen molar-refractivity contribution in [3.63, 3.8) is 0 Å². The largest absolute Gasteiger partial charge is 0.484 e. The zero-order chi connectivity index (χ0) is 20.1. The van der Waals surface area contributed by atoms with Crippen LogP contribution in [-0.2, 0) is 4.79 Å². The zero-order valence-electron chi connectivity index (χ0n) is 16.0. The average molecular weight is 400 g/mol. The lowest BCUT2D eigenvalue weighted by molar-refractivity contribution is -0.124. The van der Waals surface area contributed by atoms with Crippen LogP contribution in [0.5, 0.6) is 5.75 Å². The van der Waals surface area contributed by atoms with Crippen LogP contribution < -0.4 is 10.1 Å². The lowest BCUT2D eigenvalue weighted by Gasteiger charge is -2.18. The van der Waals surface area contributed by atoms with Gasteiger partial charge in [-0.25, -0.2) is 0 Å². The molecule has 0 aliphatic rings. The zero-order valence-corrected chi connectivity index (χ0v) is 16.7. The Hall–Kier alpha value is -2.86. The summed E-state index contributed by atoms with van der Waals surface area (Å²) in [7, 11) is 0. The number of rotatable bonds is 7. The predicted molar refractivity (Wildman–Crippen MR) is 107 cm³/mol. The topological polar surface area (TPSA) is 77.2 Å². The van der Waals surface area contributed by atoms with Gasteiger partial charge in [-0.15, -0.1) is 0 Å². The van der Waals surface area contributed by atoms with E-state index >= 15 is 0 Å². The number of aryl methyl sites for hydroxylation is 1. The Morgan fingerprint density at radius 2 is 1.96 bits per heavy atom. The van der Waals surface area contributed by atoms with Gasteiger partial charge in [-0.2, -0.15) is 4.98 Å². The Morgan fingerprint density at radius 3 is 2.64 bits per heavy atom. The number of ether oxygens (including phenoxy) is 1. The van der Waals surface area contributed by atoms with E-state index in [1.165, 1.54) is 0 Å². The van der Waals surface area contributed by atoms with Gasteiger partial charge in [0, 0.05) is 10.6 Å². The van der Waals surface area contributed by atoms with Crippen LogP contribution in [0.4, 0.5) is 0 Å². The first kappa shape index (κ1) is 19.9. The minimum atomic E-state index is -0.409. The molecule has 1 amide bonds. The SMILES string of the molecule is Cc1cc(OCC(=O)N[C@@H](c2nc(-c3ccccc3)no2)C(C)C)ccc1Cl. The van der Waals surface area contributed by atoms with Crippen molar-refractivity contribution in [1.29, 1.82) is 0 Å². The molecule has 2 aromatic carbocycles. The van der Waals surface area contributed by atoms with Gasteiger partial charge in [-0.1, -0.05) is 60.9 Å². The Morgan fingerprint density at radius 1 is 1.21 bits per heavy atom. The van der Waals surface area contributed by atoms with E-state index in [-0.39, 0.29) is 18.4 Å². The first-order valence-electron chi connectivity index (χ1n) is 9.01. The third-order valence-electron chi connectivity index (χ3n) is 4.22. The van der Waals surface area contributed by atoms with E-state index in [1.807, 2.05) is 51.1 Å². The van der Waals surface area contributed by atoms with Gasteiger partial charge >= 0.3 is 0 Å². The van der Waals surface area contributed by atoms with Gasteiger partial charge in [0.2, 0.25) is 11.7 Å². The molecule has 0 saturated carbocycles. The molecule has 0 fully saturated rings. The number of hydrogen-bond acceptors (Lipinski definition) is 5. The van der Waals surface area contributed by atoms with E-state index in [4.69, 9.17) is 20.9 Å². The molecule has 0 spiro atoms. The first-order valence-corrected chi connectivity index (χ1v) is 9.39. The molecule has 0 radical (unpaired) electrons. The quantitative estimate of drug-likeness (QED) is 0.628. The lowest BCUT2D eigenvalue weighted by atomic mass is 10.0. The summed E-state index contributed by atoms with van der Waals surface area (Å²) in [5.74, 6) is 1.23. The van der Waals surface area contributed by atoms with Crippen LogP contribution in [0.25, 0.3) is 11.4 Å². The summed E-state index contributed by atoms with van der Waals surface area (Å²) in [4.78, 5) is 16.8. The maximum atomic E-state index is 12.4. The summed E-state index contributed by atoms with van der Waals surface area (Å²) >= 11 is 6.00. The molecule has 0 aliphatic carbocycles. The van der Waals surface area contributed by atoms with Crippen molar-refractivity contribution in [2.45, 2.75) is 26.8 Å². The first-order chi connectivity index (χ1) is 13.4. The predicted octanol–water partition coefficient (Wildman–Crippen LogP) is 4.59. The number of aromatic nitrogens is 2. The maximum absolute atomic E-state index is 12.4. The summed E-state index contributed by atoms with van der Waals surface area (Å²) in [6.45, 7) is 5.70. The number of halogens is 1. The Balaban J connectivity index is 1.65. The number of hydrogen-bond donors (Lipinski definition) is 1. The monoisotopic (exact) mass is 399 g/mol. The molecule has 146 valence electrons. The number of amides is 1. The highest BCUT2D eigenvalue weighted by Gasteiger charge is 2.25. The Labute approximate surface area is 168 Å². The van der Waals surface area contributed by atoms with Crippen molar-refractivity contribution >= 4 is 17.5 Å². The molecule has 1 aromatic heterocycles. The van der Waals surface area contributed by atoms with E-state index < -0.39 is 6.04 Å². The van der Waals surface area contributed by atoms with Crippen LogP contribution in [-0.4, -0.2) is 22.7 Å². The molecule has 1 atom stereocenters. The summed E-state index contributed by atoms with van der Waals surface area (Å²) in [5, 5.41) is 7.59. The van der Waals surface area contributed by atoms with Crippen molar-refractivity contribution in [1.82, 2.24) is 15.5 Å². The molecule has 1 heterocycles. The summed E-state index contributed by atoms with van der Waals surface area (Å²) in [5.41, 5.74) is 1.74. The van der Waals surface area contributed by atoms with Gasteiger partial charge < -0.3 is 14.6 Å². The van der Waals surface area contributed by atoms with Crippen LogP contribution in [0.3, 0.4) is 0 Å². The average Bonchev–Trinajstić information content (AvgIpc) is 3.17. The third kappa shape index (κ3) is 4.89. The van der Waals surface area contributed by atoms with Crippen LogP contribution in [0, 0.1) is 12.8 Å². The van der Waals surface area contributed by atoms with E-state index in [2.05, 4.69) is 15.5 Å². The highest BCUT2D eigenvalue weighted by atomic mass is 35.5. The fraction of sp³-hybridized carbons (Fsp3) is 0.286. The normalized spacial score (nSPS) is 12.0. The molecule has 28 heavy (non-hydrogen) atoms. The van der Waals surface area contributed by atoms with Gasteiger partial charge in [0.15, 0.2) is 6.61 Å². The van der Waals surface area contributed by atoms with Gasteiger partial charge in [0.25, 0.3) is 5.91 Å². The summed E-state index contributed by atoms with van der Waals surface area (Å²) < 4.78 is 11.0. The molecule has 0 unspecified atom stereocenters. The molecule has 0 bridgehead atoms. The highest BCUT2D eigenvalue weighted by molar-refractivity contribution is 6.31. The second kappa shape index (κ2) is 8.89. The lowest BCUT2D eigenvalue weighted by Crippen LogP contribution is -2.35. The molecule has 3 aromatic rings. The molecule has 0 aliphatic heterocycles. The van der Waals surface area contributed by atoms with E-state index in [9.17, 15) is 4.79 Å². The summed E-state index contributed by atoms with van der Waals surface area (Å²) in [6.07, 6.45) is 0. The van der Waals surface area contributed by atoms with Crippen LogP contribution in [0.1, 0.15) is 31.3 Å². The smallest absolute Gasteiger partial charge is 0.258 e. The van der Waals surface area contributed by atoms with Crippen molar-refractivity contribution in [2.75, 3.05) is 6.61 Å². The number of nitrogens with one attached hydrogen (secondary N) is 1. The second-order valence-electron chi connectivity index (χ2n) is 6.81.